The van der Waals surface area contributed by atoms with Crippen molar-refractivity contribution >= 4 is 34.2 Å². The number of aryl methyl sites for hydroxylation is 1. The lowest BCUT2D eigenvalue weighted by Crippen LogP contribution is -2.39. The first-order valence-corrected chi connectivity index (χ1v) is 7.52. The number of rotatable bonds is 3. The van der Waals surface area contributed by atoms with Gasteiger partial charge in [0.2, 0.25) is 5.91 Å². The van der Waals surface area contributed by atoms with Crippen LogP contribution in [0.4, 0.5) is 5.69 Å². The van der Waals surface area contributed by atoms with E-state index in [2.05, 4.69) is 53.0 Å². The molecule has 0 radical (unpaired) electrons. The van der Waals surface area contributed by atoms with E-state index in [9.17, 15) is 4.79 Å². The monoisotopic (exact) mass is 358 g/mol. The van der Waals surface area contributed by atoms with Crippen LogP contribution < -0.4 is 5.32 Å². The Balaban J connectivity index is 1.90. The number of nitrogens with zero attached hydrogens (tertiary/aromatic N) is 1. The first-order chi connectivity index (χ1) is 8.66. The predicted octanol–water partition coefficient (Wildman–Crippen LogP) is 3.02. The molecule has 1 fully saturated rings. The summed E-state index contributed by atoms with van der Waals surface area (Å²) < 4.78 is 1.19. The standard InChI is InChI=1S/C14H19IN2O/c1-11-5-6-12(15)9-13(11)16-10-14(18)17-7-3-2-4-8-17/h5-6,9,16H,2-4,7-8,10H2,1H3. The molecule has 0 aromatic heterocycles. The molecule has 0 atom stereocenters. The van der Waals surface area contributed by atoms with Crippen LogP contribution in [0.3, 0.4) is 0 Å². The van der Waals surface area contributed by atoms with Crippen LogP contribution >= 0.6 is 22.6 Å². The molecule has 98 valence electrons. The summed E-state index contributed by atoms with van der Waals surface area (Å²) in [5, 5.41) is 3.25. The highest BCUT2D eigenvalue weighted by atomic mass is 127. The highest BCUT2D eigenvalue weighted by Gasteiger charge is 2.15. The molecule has 0 saturated carbocycles. The van der Waals surface area contributed by atoms with Gasteiger partial charge in [-0.05, 0) is 66.5 Å². The topological polar surface area (TPSA) is 32.3 Å². The van der Waals surface area contributed by atoms with Gasteiger partial charge in [0, 0.05) is 22.3 Å². The Bertz CT molecular complexity index is 428. The largest absolute Gasteiger partial charge is 0.376 e. The van der Waals surface area contributed by atoms with Gasteiger partial charge in [-0.1, -0.05) is 6.07 Å². The number of halogens is 1. The number of anilines is 1. The average Bonchev–Trinajstić information content (AvgIpc) is 2.40. The fourth-order valence-electron chi connectivity index (χ4n) is 2.21. The summed E-state index contributed by atoms with van der Waals surface area (Å²) in [6.07, 6.45) is 3.55. The van der Waals surface area contributed by atoms with Crippen LogP contribution in [0.1, 0.15) is 24.8 Å². The molecular weight excluding hydrogens is 339 g/mol. The minimum Gasteiger partial charge on any atom is -0.376 e. The van der Waals surface area contributed by atoms with Crippen LogP contribution in [0.2, 0.25) is 0 Å². The molecule has 1 N–H and O–H groups in total. The minimum absolute atomic E-state index is 0.216. The molecule has 1 aliphatic heterocycles. The van der Waals surface area contributed by atoms with E-state index in [1.54, 1.807) is 0 Å². The van der Waals surface area contributed by atoms with Crippen molar-refractivity contribution in [1.29, 1.82) is 0 Å². The Morgan fingerprint density at radius 2 is 2.06 bits per heavy atom. The van der Waals surface area contributed by atoms with Crippen molar-refractivity contribution in [3.63, 3.8) is 0 Å². The zero-order valence-corrected chi connectivity index (χ0v) is 12.9. The van der Waals surface area contributed by atoms with Crippen LogP contribution in [0, 0.1) is 10.5 Å². The van der Waals surface area contributed by atoms with Crippen LogP contribution in [0.25, 0.3) is 0 Å². The van der Waals surface area contributed by atoms with E-state index in [1.165, 1.54) is 15.6 Å². The van der Waals surface area contributed by atoms with Crippen molar-refractivity contribution in [1.82, 2.24) is 4.90 Å². The molecule has 0 spiro atoms. The van der Waals surface area contributed by atoms with E-state index < -0.39 is 0 Å². The smallest absolute Gasteiger partial charge is 0.241 e. The Morgan fingerprint density at radius 3 is 2.78 bits per heavy atom. The molecule has 1 heterocycles. The van der Waals surface area contributed by atoms with Gasteiger partial charge in [-0.25, -0.2) is 0 Å². The second-order valence-electron chi connectivity index (χ2n) is 4.75. The summed E-state index contributed by atoms with van der Waals surface area (Å²) in [4.78, 5) is 14.0. The quantitative estimate of drug-likeness (QED) is 0.843. The van der Waals surface area contributed by atoms with E-state index in [0.29, 0.717) is 6.54 Å². The zero-order valence-electron chi connectivity index (χ0n) is 10.7. The highest BCUT2D eigenvalue weighted by Crippen LogP contribution is 2.18. The molecule has 18 heavy (non-hydrogen) atoms. The van der Waals surface area contributed by atoms with Crippen LogP contribution in [-0.2, 0) is 4.79 Å². The number of piperidine rings is 1. The summed E-state index contributed by atoms with van der Waals surface area (Å²) in [7, 11) is 0. The first kappa shape index (κ1) is 13.6. The third kappa shape index (κ3) is 3.60. The number of carbonyl (C=O) groups is 1. The lowest BCUT2D eigenvalue weighted by atomic mass is 10.1. The van der Waals surface area contributed by atoms with Gasteiger partial charge in [0.15, 0.2) is 0 Å². The van der Waals surface area contributed by atoms with Crippen LogP contribution in [-0.4, -0.2) is 30.4 Å². The van der Waals surface area contributed by atoms with Crippen molar-refractivity contribution in [3.05, 3.63) is 27.3 Å². The summed E-state index contributed by atoms with van der Waals surface area (Å²) in [6, 6.07) is 6.24. The second kappa shape index (κ2) is 6.41. The Hall–Kier alpha value is -0.780. The molecule has 0 aliphatic carbocycles. The molecule has 4 heteroatoms. The molecule has 1 saturated heterocycles. The van der Waals surface area contributed by atoms with E-state index in [0.717, 1.165) is 31.6 Å². The normalized spacial score (nSPS) is 15.6. The van der Waals surface area contributed by atoms with E-state index in [-0.39, 0.29) is 5.91 Å². The molecule has 1 aliphatic rings. The first-order valence-electron chi connectivity index (χ1n) is 6.44. The number of carbonyl (C=O) groups excluding carboxylic acids is 1. The molecule has 1 aromatic carbocycles. The molecule has 1 aromatic rings. The Kier molecular flexibility index (Phi) is 4.86. The number of hydrogen-bond acceptors (Lipinski definition) is 2. The summed E-state index contributed by atoms with van der Waals surface area (Å²) in [5.74, 6) is 0.216. The van der Waals surface area contributed by atoms with Crippen molar-refractivity contribution in [2.75, 3.05) is 25.0 Å². The predicted molar refractivity (Wildman–Crippen MR) is 82.8 cm³/mol. The maximum atomic E-state index is 12.0. The van der Waals surface area contributed by atoms with E-state index >= 15 is 0 Å². The number of amides is 1. The maximum absolute atomic E-state index is 12.0. The number of nitrogens with one attached hydrogen (secondary N) is 1. The molecular formula is C14H19IN2O. The zero-order chi connectivity index (χ0) is 13.0. The Labute approximate surface area is 122 Å². The van der Waals surface area contributed by atoms with Gasteiger partial charge in [-0.15, -0.1) is 0 Å². The van der Waals surface area contributed by atoms with Crippen LogP contribution in [0.15, 0.2) is 18.2 Å². The fraction of sp³-hybridized carbons (Fsp3) is 0.500. The van der Waals surface area contributed by atoms with Crippen molar-refractivity contribution < 1.29 is 4.79 Å². The van der Waals surface area contributed by atoms with Gasteiger partial charge in [0.1, 0.15) is 0 Å². The summed E-state index contributed by atoms with van der Waals surface area (Å²) >= 11 is 2.29. The average molecular weight is 358 g/mol. The molecule has 2 rings (SSSR count). The van der Waals surface area contributed by atoms with Gasteiger partial charge >= 0.3 is 0 Å². The Morgan fingerprint density at radius 1 is 1.33 bits per heavy atom. The minimum atomic E-state index is 0.216. The van der Waals surface area contributed by atoms with E-state index in [4.69, 9.17) is 0 Å². The van der Waals surface area contributed by atoms with Gasteiger partial charge in [-0.3, -0.25) is 4.79 Å². The molecule has 1 amide bonds. The van der Waals surface area contributed by atoms with Gasteiger partial charge < -0.3 is 10.2 Å². The number of benzene rings is 1. The SMILES string of the molecule is Cc1ccc(I)cc1NCC(=O)N1CCCCC1. The van der Waals surface area contributed by atoms with Crippen LogP contribution in [0.5, 0.6) is 0 Å². The van der Waals surface area contributed by atoms with Gasteiger partial charge in [-0.2, -0.15) is 0 Å². The molecule has 0 bridgehead atoms. The van der Waals surface area contributed by atoms with Crippen molar-refractivity contribution in [3.8, 4) is 0 Å². The highest BCUT2D eigenvalue weighted by molar-refractivity contribution is 14.1. The molecule has 3 nitrogen and oxygen atoms in total. The van der Waals surface area contributed by atoms with Gasteiger partial charge in [0.25, 0.3) is 0 Å². The van der Waals surface area contributed by atoms with E-state index in [1.807, 2.05) is 4.90 Å². The number of hydrogen-bond donors (Lipinski definition) is 1. The summed E-state index contributed by atoms with van der Waals surface area (Å²) in [5.41, 5.74) is 2.24. The van der Waals surface area contributed by atoms with Gasteiger partial charge in [0.05, 0.1) is 6.54 Å². The van der Waals surface area contributed by atoms with Crippen molar-refractivity contribution in [2.45, 2.75) is 26.2 Å². The summed E-state index contributed by atoms with van der Waals surface area (Å²) in [6.45, 7) is 4.31. The third-order valence-corrected chi connectivity index (χ3v) is 4.01. The molecule has 0 unspecified atom stereocenters. The van der Waals surface area contributed by atoms with Crippen molar-refractivity contribution in [2.24, 2.45) is 0 Å². The maximum Gasteiger partial charge on any atom is 0.241 e. The number of likely N-dealkylation sites (tertiary alicyclic amines) is 1. The fourth-order valence-corrected chi connectivity index (χ4v) is 2.70. The lowest BCUT2D eigenvalue weighted by Gasteiger charge is -2.27. The second-order valence-corrected chi connectivity index (χ2v) is 6.00. The third-order valence-electron chi connectivity index (χ3n) is 3.34. The lowest BCUT2D eigenvalue weighted by molar-refractivity contribution is -0.130.